The van der Waals surface area contributed by atoms with Crippen molar-refractivity contribution in [3.05, 3.63) is 75.2 Å². The van der Waals surface area contributed by atoms with Crippen LogP contribution in [0.2, 0.25) is 10.0 Å². The molecular formula is C20H17Cl2N5O2. The summed E-state index contributed by atoms with van der Waals surface area (Å²) >= 11 is 12.1. The first-order valence-electron chi connectivity index (χ1n) is 9.02. The molecule has 0 aliphatic carbocycles. The monoisotopic (exact) mass is 429 g/mol. The SMILES string of the molecule is O=C(O)c1ccc2c(c1)c(CCc1ccc(Cl)c(Cl)c1)cn2CCc1nn[nH]n1. The highest BCUT2D eigenvalue weighted by Gasteiger charge is 2.13. The van der Waals surface area contributed by atoms with E-state index in [-0.39, 0.29) is 5.56 Å². The van der Waals surface area contributed by atoms with Crippen LogP contribution in [0.15, 0.2) is 42.6 Å². The van der Waals surface area contributed by atoms with Gasteiger partial charge in [-0.3, -0.25) is 0 Å². The van der Waals surface area contributed by atoms with Gasteiger partial charge in [0.05, 0.1) is 15.6 Å². The lowest BCUT2D eigenvalue weighted by Crippen LogP contribution is -2.02. The zero-order valence-corrected chi connectivity index (χ0v) is 16.8. The predicted octanol–water partition coefficient (Wildman–Crippen LogP) is 4.19. The Morgan fingerprint density at radius 2 is 1.93 bits per heavy atom. The summed E-state index contributed by atoms with van der Waals surface area (Å²) < 4.78 is 2.10. The van der Waals surface area contributed by atoms with Gasteiger partial charge < -0.3 is 9.67 Å². The lowest BCUT2D eigenvalue weighted by Gasteiger charge is -2.04. The van der Waals surface area contributed by atoms with Crippen molar-refractivity contribution < 1.29 is 9.90 Å². The molecule has 0 aliphatic rings. The molecule has 2 heterocycles. The molecule has 2 aromatic carbocycles. The summed E-state index contributed by atoms with van der Waals surface area (Å²) in [6.07, 6.45) is 4.19. The number of nitrogens with one attached hydrogen (secondary N) is 1. The van der Waals surface area contributed by atoms with Crippen LogP contribution in [0.25, 0.3) is 10.9 Å². The molecule has 2 aromatic heterocycles. The van der Waals surface area contributed by atoms with Crippen LogP contribution in [0.1, 0.15) is 27.3 Å². The van der Waals surface area contributed by atoms with E-state index in [0.29, 0.717) is 28.8 Å². The molecule has 0 saturated carbocycles. The first-order chi connectivity index (χ1) is 14.0. The van der Waals surface area contributed by atoms with Crippen LogP contribution >= 0.6 is 23.2 Å². The molecule has 148 valence electrons. The molecular weight excluding hydrogens is 413 g/mol. The Hall–Kier alpha value is -2.90. The summed E-state index contributed by atoms with van der Waals surface area (Å²) in [5, 5.41) is 25.4. The van der Waals surface area contributed by atoms with Gasteiger partial charge in [-0.25, -0.2) is 4.79 Å². The Morgan fingerprint density at radius 1 is 1.07 bits per heavy atom. The summed E-state index contributed by atoms with van der Waals surface area (Å²) in [6, 6.07) is 10.8. The number of benzene rings is 2. The van der Waals surface area contributed by atoms with E-state index < -0.39 is 5.97 Å². The number of hydrogen-bond donors (Lipinski definition) is 2. The Labute approximate surface area is 176 Å². The van der Waals surface area contributed by atoms with Crippen molar-refractivity contribution in [1.82, 2.24) is 25.2 Å². The molecule has 7 nitrogen and oxygen atoms in total. The number of nitrogens with zero attached hydrogens (tertiary/aromatic N) is 4. The van der Waals surface area contributed by atoms with Gasteiger partial charge in [-0.05, 0) is 54.3 Å². The molecule has 0 spiro atoms. The number of carboxylic acid groups (broad SMARTS) is 1. The van der Waals surface area contributed by atoms with Crippen LogP contribution in [0.3, 0.4) is 0 Å². The number of carboxylic acids is 1. The highest BCUT2D eigenvalue weighted by Crippen LogP contribution is 2.27. The van der Waals surface area contributed by atoms with Crippen LogP contribution in [-0.2, 0) is 25.8 Å². The van der Waals surface area contributed by atoms with Gasteiger partial charge in [-0.1, -0.05) is 34.5 Å². The topological polar surface area (TPSA) is 96.7 Å². The number of carbonyl (C=O) groups is 1. The minimum atomic E-state index is -0.943. The normalized spacial score (nSPS) is 11.2. The number of aromatic nitrogens is 5. The van der Waals surface area contributed by atoms with Gasteiger partial charge in [-0.15, -0.1) is 10.2 Å². The van der Waals surface area contributed by atoms with Gasteiger partial charge >= 0.3 is 5.97 Å². The molecule has 0 unspecified atom stereocenters. The molecule has 0 aliphatic heterocycles. The molecule has 0 radical (unpaired) electrons. The molecule has 0 saturated heterocycles. The van der Waals surface area contributed by atoms with Crippen LogP contribution in [-0.4, -0.2) is 36.3 Å². The number of rotatable bonds is 7. The van der Waals surface area contributed by atoms with Crippen LogP contribution in [0, 0.1) is 0 Å². The summed E-state index contributed by atoms with van der Waals surface area (Å²) in [5.41, 5.74) is 3.38. The van der Waals surface area contributed by atoms with Crippen molar-refractivity contribution in [2.24, 2.45) is 0 Å². The van der Waals surface area contributed by atoms with Crippen molar-refractivity contribution in [3.8, 4) is 0 Å². The zero-order valence-electron chi connectivity index (χ0n) is 15.3. The van der Waals surface area contributed by atoms with Gasteiger partial charge in [0, 0.05) is 30.1 Å². The highest BCUT2D eigenvalue weighted by atomic mass is 35.5. The van der Waals surface area contributed by atoms with Crippen LogP contribution < -0.4 is 0 Å². The average Bonchev–Trinajstić information content (AvgIpc) is 3.34. The molecule has 9 heteroatoms. The van der Waals surface area contributed by atoms with E-state index >= 15 is 0 Å². The Morgan fingerprint density at radius 3 is 2.66 bits per heavy atom. The van der Waals surface area contributed by atoms with E-state index in [9.17, 15) is 9.90 Å². The summed E-state index contributed by atoms with van der Waals surface area (Å²) in [7, 11) is 0. The maximum Gasteiger partial charge on any atom is 0.335 e. The largest absolute Gasteiger partial charge is 0.478 e. The predicted molar refractivity (Wildman–Crippen MR) is 111 cm³/mol. The van der Waals surface area contributed by atoms with E-state index in [1.165, 1.54) is 0 Å². The maximum absolute atomic E-state index is 11.4. The Bertz CT molecular complexity index is 1170. The molecule has 2 N–H and O–H groups in total. The summed E-state index contributed by atoms with van der Waals surface area (Å²) in [5.74, 6) is -0.312. The fraction of sp³-hybridized carbons (Fsp3) is 0.200. The van der Waals surface area contributed by atoms with E-state index in [1.54, 1.807) is 18.2 Å². The quantitative estimate of drug-likeness (QED) is 0.459. The van der Waals surface area contributed by atoms with Gasteiger partial charge in [-0.2, -0.15) is 5.21 Å². The second-order valence-electron chi connectivity index (χ2n) is 6.71. The van der Waals surface area contributed by atoms with Gasteiger partial charge in [0.2, 0.25) is 0 Å². The minimum absolute atomic E-state index is 0.268. The van der Waals surface area contributed by atoms with Crippen molar-refractivity contribution in [2.45, 2.75) is 25.8 Å². The molecule has 0 amide bonds. The molecule has 0 bridgehead atoms. The third-order valence-corrected chi connectivity index (χ3v) is 5.58. The van der Waals surface area contributed by atoms with E-state index in [1.807, 2.05) is 18.2 Å². The van der Waals surface area contributed by atoms with Crippen molar-refractivity contribution in [1.29, 1.82) is 0 Å². The van der Waals surface area contributed by atoms with Crippen molar-refractivity contribution in [3.63, 3.8) is 0 Å². The van der Waals surface area contributed by atoms with Gasteiger partial charge in [0.25, 0.3) is 0 Å². The Balaban J connectivity index is 1.63. The fourth-order valence-electron chi connectivity index (χ4n) is 3.37. The average molecular weight is 430 g/mol. The summed E-state index contributed by atoms with van der Waals surface area (Å²) in [4.78, 5) is 11.4. The van der Waals surface area contributed by atoms with Gasteiger partial charge in [0.15, 0.2) is 5.82 Å². The standard InChI is InChI=1S/C20H17Cl2N5O2/c21-16-5-2-12(9-17(16)22)1-3-14-11-27(8-7-19-23-25-26-24-19)18-6-4-13(20(28)29)10-15(14)18/h2,4-6,9-11H,1,3,7-8H2,(H,28,29)(H,23,24,25,26). The molecule has 0 atom stereocenters. The number of halogens is 2. The van der Waals surface area contributed by atoms with Crippen molar-refractivity contribution in [2.75, 3.05) is 0 Å². The second kappa shape index (κ2) is 8.23. The minimum Gasteiger partial charge on any atom is -0.478 e. The molecule has 4 aromatic rings. The van der Waals surface area contributed by atoms with Crippen LogP contribution in [0.4, 0.5) is 0 Å². The highest BCUT2D eigenvalue weighted by molar-refractivity contribution is 6.42. The summed E-state index contributed by atoms with van der Waals surface area (Å²) in [6.45, 7) is 0.662. The number of aromatic carboxylic acids is 1. The number of hydrogen-bond acceptors (Lipinski definition) is 4. The number of H-pyrrole nitrogens is 1. The van der Waals surface area contributed by atoms with Gasteiger partial charge in [0.1, 0.15) is 0 Å². The van der Waals surface area contributed by atoms with E-state index in [2.05, 4.69) is 31.4 Å². The number of aromatic amines is 1. The first-order valence-corrected chi connectivity index (χ1v) is 9.78. The second-order valence-corrected chi connectivity index (χ2v) is 7.53. The smallest absolute Gasteiger partial charge is 0.335 e. The number of tetrazole rings is 1. The Kier molecular flexibility index (Phi) is 5.51. The zero-order chi connectivity index (χ0) is 20.4. The lowest BCUT2D eigenvalue weighted by molar-refractivity contribution is 0.0697. The number of aryl methyl sites for hydroxylation is 4. The van der Waals surface area contributed by atoms with E-state index in [4.69, 9.17) is 23.2 Å². The van der Waals surface area contributed by atoms with Crippen LogP contribution in [0.5, 0.6) is 0 Å². The van der Waals surface area contributed by atoms with Crippen molar-refractivity contribution >= 4 is 40.1 Å². The number of fused-ring (bicyclic) bond motifs is 1. The third kappa shape index (κ3) is 4.26. The third-order valence-electron chi connectivity index (χ3n) is 4.84. The molecule has 29 heavy (non-hydrogen) atoms. The first kappa shape index (κ1) is 19.4. The lowest BCUT2D eigenvalue weighted by atomic mass is 10.0. The fourth-order valence-corrected chi connectivity index (χ4v) is 3.69. The van der Waals surface area contributed by atoms with E-state index in [0.717, 1.165) is 34.9 Å². The maximum atomic E-state index is 11.4. The molecule has 0 fully saturated rings. The molecule has 4 rings (SSSR count).